The molecule has 1 amide bonds. The van der Waals surface area contributed by atoms with Crippen molar-refractivity contribution in [3.63, 3.8) is 0 Å². The van der Waals surface area contributed by atoms with Crippen molar-refractivity contribution in [2.24, 2.45) is 17.6 Å². The molecular formula is C14H27N3O3S. The van der Waals surface area contributed by atoms with Crippen LogP contribution in [0.1, 0.15) is 38.5 Å². The monoisotopic (exact) mass is 317 g/mol. The number of sulfonamides is 1. The minimum absolute atomic E-state index is 0.0860. The summed E-state index contributed by atoms with van der Waals surface area (Å²) < 4.78 is 24.4. The van der Waals surface area contributed by atoms with E-state index in [0.29, 0.717) is 37.9 Å². The number of amides is 1. The van der Waals surface area contributed by atoms with Gasteiger partial charge in [0.05, 0.1) is 6.26 Å². The zero-order valence-electron chi connectivity index (χ0n) is 12.8. The highest BCUT2D eigenvalue weighted by Crippen LogP contribution is 2.26. The third-order valence-electron chi connectivity index (χ3n) is 4.80. The number of hydrogen-bond acceptors (Lipinski definition) is 4. The Bertz CT molecular complexity index is 458. The molecule has 1 aliphatic carbocycles. The number of nitrogens with one attached hydrogen (secondary N) is 1. The highest BCUT2D eigenvalue weighted by molar-refractivity contribution is 7.88. The molecule has 1 aliphatic heterocycles. The van der Waals surface area contributed by atoms with E-state index >= 15 is 0 Å². The average Bonchev–Trinajstić information content (AvgIpc) is 2.81. The topological polar surface area (TPSA) is 92.5 Å². The molecule has 0 radical (unpaired) electrons. The third-order valence-corrected chi connectivity index (χ3v) is 6.10. The minimum Gasteiger partial charge on any atom is -0.356 e. The molecule has 21 heavy (non-hydrogen) atoms. The lowest BCUT2D eigenvalue weighted by Gasteiger charge is -2.30. The Balaban J connectivity index is 1.66. The van der Waals surface area contributed by atoms with Gasteiger partial charge in [-0.05, 0) is 37.5 Å². The molecule has 122 valence electrons. The van der Waals surface area contributed by atoms with Gasteiger partial charge in [-0.2, -0.15) is 0 Å². The second kappa shape index (κ2) is 7.07. The molecule has 0 aromatic heterocycles. The Hall–Kier alpha value is -0.660. The van der Waals surface area contributed by atoms with Gasteiger partial charge in [-0.1, -0.05) is 6.42 Å². The fourth-order valence-corrected chi connectivity index (χ4v) is 4.21. The van der Waals surface area contributed by atoms with E-state index in [0.717, 1.165) is 32.1 Å². The number of carbonyl (C=O) groups is 1. The van der Waals surface area contributed by atoms with E-state index in [2.05, 4.69) is 5.32 Å². The summed E-state index contributed by atoms with van der Waals surface area (Å²) in [6, 6.07) is 0.175. The number of rotatable bonds is 5. The van der Waals surface area contributed by atoms with E-state index in [1.165, 1.54) is 10.6 Å². The normalized spacial score (nSPS) is 28.7. The van der Waals surface area contributed by atoms with Crippen molar-refractivity contribution in [2.45, 2.75) is 44.6 Å². The molecule has 2 atom stereocenters. The Morgan fingerprint density at radius 3 is 2.43 bits per heavy atom. The second-order valence-electron chi connectivity index (χ2n) is 6.47. The van der Waals surface area contributed by atoms with Crippen molar-refractivity contribution in [1.29, 1.82) is 0 Å². The summed E-state index contributed by atoms with van der Waals surface area (Å²) in [4.78, 5) is 11.9. The lowest BCUT2D eigenvalue weighted by atomic mass is 9.97. The maximum Gasteiger partial charge on any atom is 0.220 e. The summed E-state index contributed by atoms with van der Waals surface area (Å²) in [5, 5.41) is 2.99. The van der Waals surface area contributed by atoms with Crippen LogP contribution in [0.5, 0.6) is 0 Å². The summed E-state index contributed by atoms with van der Waals surface area (Å²) in [7, 11) is -3.07. The highest BCUT2D eigenvalue weighted by atomic mass is 32.2. The maximum absolute atomic E-state index is 11.9. The number of nitrogens with zero attached hydrogens (tertiary/aromatic N) is 1. The van der Waals surface area contributed by atoms with Gasteiger partial charge < -0.3 is 11.1 Å². The van der Waals surface area contributed by atoms with Gasteiger partial charge in [0.25, 0.3) is 0 Å². The molecule has 0 spiro atoms. The zero-order chi connectivity index (χ0) is 15.5. The van der Waals surface area contributed by atoms with E-state index in [4.69, 9.17) is 5.73 Å². The van der Waals surface area contributed by atoms with Crippen LogP contribution in [0.15, 0.2) is 0 Å². The van der Waals surface area contributed by atoms with Crippen LogP contribution in [-0.4, -0.2) is 50.6 Å². The molecule has 0 aromatic carbocycles. The first-order valence-electron chi connectivity index (χ1n) is 7.83. The summed E-state index contributed by atoms with van der Waals surface area (Å²) in [6.45, 7) is 1.78. The lowest BCUT2D eigenvalue weighted by Crippen LogP contribution is -2.41. The summed E-state index contributed by atoms with van der Waals surface area (Å²) in [6.07, 6.45) is 6.63. The first-order valence-corrected chi connectivity index (χ1v) is 9.68. The van der Waals surface area contributed by atoms with Crippen LogP contribution in [0.3, 0.4) is 0 Å². The largest absolute Gasteiger partial charge is 0.356 e. The molecule has 2 aliphatic rings. The van der Waals surface area contributed by atoms with E-state index in [-0.39, 0.29) is 11.9 Å². The van der Waals surface area contributed by atoms with Gasteiger partial charge in [-0.3, -0.25) is 4.79 Å². The molecule has 0 unspecified atom stereocenters. The lowest BCUT2D eigenvalue weighted by molar-refractivity contribution is -0.122. The van der Waals surface area contributed by atoms with Crippen molar-refractivity contribution in [1.82, 2.24) is 9.62 Å². The fourth-order valence-electron chi connectivity index (χ4n) is 3.33. The van der Waals surface area contributed by atoms with Crippen LogP contribution in [0.25, 0.3) is 0 Å². The number of nitrogens with two attached hydrogens (primary N) is 1. The second-order valence-corrected chi connectivity index (χ2v) is 8.45. The van der Waals surface area contributed by atoms with Crippen LogP contribution in [0, 0.1) is 11.8 Å². The SMILES string of the molecule is CS(=O)(=O)N1CCC(CNC(=O)C[C@@H]2CCC[C@H]2N)CC1. The molecule has 1 heterocycles. The zero-order valence-corrected chi connectivity index (χ0v) is 13.6. The van der Waals surface area contributed by atoms with Crippen molar-refractivity contribution in [2.75, 3.05) is 25.9 Å². The Morgan fingerprint density at radius 2 is 1.90 bits per heavy atom. The van der Waals surface area contributed by atoms with Crippen molar-refractivity contribution >= 4 is 15.9 Å². The van der Waals surface area contributed by atoms with Gasteiger partial charge in [-0.15, -0.1) is 0 Å². The molecule has 1 saturated carbocycles. The van der Waals surface area contributed by atoms with Gasteiger partial charge in [0, 0.05) is 32.1 Å². The molecule has 1 saturated heterocycles. The quantitative estimate of drug-likeness (QED) is 0.762. The van der Waals surface area contributed by atoms with E-state index in [1.54, 1.807) is 0 Å². The van der Waals surface area contributed by atoms with Gasteiger partial charge in [0.2, 0.25) is 15.9 Å². The van der Waals surface area contributed by atoms with Crippen LogP contribution >= 0.6 is 0 Å². The maximum atomic E-state index is 11.9. The van der Waals surface area contributed by atoms with Gasteiger partial charge in [0.15, 0.2) is 0 Å². The molecule has 3 N–H and O–H groups in total. The van der Waals surface area contributed by atoms with Gasteiger partial charge >= 0.3 is 0 Å². The molecule has 6 nitrogen and oxygen atoms in total. The highest BCUT2D eigenvalue weighted by Gasteiger charge is 2.27. The summed E-state index contributed by atoms with van der Waals surface area (Å²) in [5.74, 6) is 0.796. The van der Waals surface area contributed by atoms with Crippen molar-refractivity contribution in [3.05, 3.63) is 0 Å². The first-order chi connectivity index (χ1) is 9.86. The third kappa shape index (κ3) is 4.93. The predicted octanol–water partition coefficient (Wildman–Crippen LogP) is 0.292. The predicted molar refractivity (Wildman–Crippen MR) is 82.1 cm³/mol. The summed E-state index contributed by atoms with van der Waals surface area (Å²) >= 11 is 0. The Labute approximate surface area is 127 Å². The Morgan fingerprint density at radius 1 is 1.24 bits per heavy atom. The average molecular weight is 317 g/mol. The summed E-state index contributed by atoms with van der Waals surface area (Å²) in [5.41, 5.74) is 5.98. The van der Waals surface area contributed by atoms with E-state index in [9.17, 15) is 13.2 Å². The molecule has 0 bridgehead atoms. The van der Waals surface area contributed by atoms with Gasteiger partial charge in [0.1, 0.15) is 0 Å². The molecule has 2 fully saturated rings. The standard InChI is InChI=1S/C14H27N3O3S/c1-21(19,20)17-7-5-11(6-8-17)10-16-14(18)9-12-3-2-4-13(12)15/h11-13H,2-10,15H2,1H3,(H,16,18)/t12-,13+/m0/s1. The van der Waals surface area contributed by atoms with Crippen molar-refractivity contribution in [3.8, 4) is 0 Å². The van der Waals surface area contributed by atoms with Crippen LogP contribution < -0.4 is 11.1 Å². The van der Waals surface area contributed by atoms with E-state index in [1.807, 2.05) is 0 Å². The minimum atomic E-state index is -3.07. The number of carbonyl (C=O) groups excluding carboxylic acids is 1. The molecule has 0 aromatic rings. The Kier molecular flexibility index (Phi) is 5.62. The van der Waals surface area contributed by atoms with Crippen LogP contribution in [0.4, 0.5) is 0 Å². The first kappa shape index (κ1) is 16.7. The van der Waals surface area contributed by atoms with Gasteiger partial charge in [-0.25, -0.2) is 12.7 Å². The van der Waals surface area contributed by atoms with Crippen LogP contribution in [-0.2, 0) is 14.8 Å². The smallest absolute Gasteiger partial charge is 0.220 e. The molecule has 7 heteroatoms. The molecule has 2 rings (SSSR count). The number of piperidine rings is 1. The van der Waals surface area contributed by atoms with E-state index < -0.39 is 10.0 Å². The van der Waals surface area contributed by atoms with Crippen molar-refractivity contribution < 1.29 is 13.2 Å². The molecular weight excluding hydrogens is 290 g/mol. The fraction of sp³-hybridized carbons (Fsp3) is 0.929. The number of hydrogen-bond donors (Lipinski definition) is 2. The van der Waals surface area contributed by atoms with Crippen LogP contribution in [0.2, 0.25) is 0 Å².